The fourth-order valence-corrected chi connectivity index (χ4v) is 2.47. The van der Waals surface area contributed by atoms with E-state index in [1.807, 2.05) is 0 Å². The average Bonchev–Trinajstić information content (AvgIpc) is 2.70. The Morgan fingerprint density at radius 3 is 2.38 bits per heavy atom. The van der Waals surface area contributed by atoms with Gasteiger partial charge in [-0.15, -0.1) is 0 Å². The normalized spacial score (nSPS) is 11.3. The first-order valence-electron chi connectivity index (χ1n) is 8.54. The molecule has 1 heterocycles. The van der Waals surface area contributed by atoms with Crippen molar-refractivity contribution in [3.05, 3.63) is 64.6 Å². The Kier molecular flexibility index (Phi) is 7.35. The Balaban J connectivity index is 2.11. The van der Waals surface area contributed by atoms with E-state index in [0.29, 0.717) is 5.56 Å². The first-order chi connectivity index (χ1) is 13.8. The lowest BCUT2D eigenvalue weighted by molar-refractivity contribution is -0.130. The van der Waals surface area contributed by atoms with Gasteiger partial charge in [0.15, 0.2) is 5.78 Å². The van der Waals surface area contributed by atoms with Crippen molar-refractivity contribution < 1.29 is 23.6 Å². The van der Waals surface area contributed by atoms with E-state index < -0.39 is 54.7 Å². The highest BCUT2D eigenvalue weighted by Gasteiger charge is 2.23. The van der Waals surface area contributed by atoms with E-state index in [2.05, 4.69) is 10.6 Å². The van der Waals surface area contributed by atoms with Crippen molar-refractivity contribution in [2.75, 3.05) is 12.0 Å². The van der Waals surface area contributed by atoms with Gasteiger partial charge in [-0.1, -0.05) is 18.2 Å². The quantitative estimate of drug-likeness (QED) is 0.542. The number of nitrogens with two attached hydrogens (primary N) is 1. The van der Waals surface area contributed by atoms with E-state index in [0.717, 1.165) is 4.57 Å². The predicted octanol–water partition coefficient (Wildman–Crippen LogP) is -0.000600. The molecule has 29 heavy (non-hydrogen) atoms. The van der Waals surface area contributed by atoms with E-state index in [9.17, 15) is 28.4 Å². The van der Waals surface area contributed by atoms with Gasteiger partial charge in [0.2, 0.25) is 11.8 Å². The SMILES string of the molecule is NC(=O)CC(NC(=O)Cn1cccc(NC(=O)c2ccccc2)c1=O)C(=O)CF. The van der Waals surface area contributed by atoms with Gasteiger partial charge in [-0.25, -0.2) is 4.39 Å². The molecule has 0 radical (unpaired) electrons. The molecular formula is C19H19FN4O5. The summed E-state index contributed by atoms with van der Waals surface area (Å²) in [4.78, 5) is 59.3. The topological polar surface area (TPSA) is 140 Å². The fraction of sp³-hybridized carbons (Fsp3) is 0.211. The number of primary amides is 1. The van der Waals surface area contributed by atoms with Gasteiger partial charge < -0.3 is 20.9 Å². The first-order valence-corrected chi connectivity index (χ1v) is 8.54. The van der Waals surface area contributed by atoms with Crippen molar-refractivity contribution in [3.8, 4) is 0 Å². The van der Waals surface area contributed by atoms with Gasteiger partial charge in [0.1, 0.15) is 18.9 Å². The van der Waals surface area contributed by atoms with Crippen molar-refractivity contribution in [2.24, 2.45) is 5.73 Å². The molecule has 0 aliphatic rings. The summed E-state index contributed by atoms with van der Waals surface area (Å²) >= 11 is 0. The number of aromatic nitrogens is 1. The highest BCUT2D eigenvalue weighted by Crippen LogP contribution is 2.05. The van der Waals surface area contributed by atoms with Crippen molar-refractivity contribution in [3.63, 3.8) is 0 Å². The lowest BCUT2D eigenvalue weighted by Gasteiger charge is -2.15. The van der Waals surface area contributed by atoms with E-state index in [4.69, 9.17) is 5.73 Å². The monoisotopic (exact) mass is 402 g/mol. The maximum Gasteiger partial charge on any atom is 0.274 e. The number of alkyl halides is 1. The van der Waals surface area contributed by atoms with Gasteiger partial charge >= 0.3 is 0 Å². The highest BCUT2D eigenvalue weighted by atomic mass is 19.1. The van der Waals surface area contributed by atoms with Crippen LogP contribution in [0.3, 0.4) is 0 Å². The number of amides is 3. The summed E-state index contributed by atoms with van der Waals surface area (Å²) < 4.78 is 13.6. The molecule has 0 saturated carbocycles. The molecular weight excluding hydrogens is 383 g/mol. The number of hydrogen-bond donors (Lipinski definition) is 3. The zero-order valence-corrected chi connectivity index (χ0v) is 15.3. The number of anilines is 1. The van der Waals surface area contributed by atoms with Crippen LogP contribution < -0.4 is 21.9 Å². The number of hydrogen-bond acceptors (Lipinski definition) is 5. The average molecular weight is 402 g/mol. The summed E-state index contributed by atoms with van der Waals surface area (Å²) in [5.74, 6) is -3.19. The maximum atomic E-state index is 12.6. The number of rotatable bonds is 9. The number of nitrogens with one attached hydrogen (secondary N) is 2. The van der Waals surface area contributed by atoms with E-state index in [-0.39, 0.29) is 5.69 Å². The third-order valence-electron chi connectivity index (χ3n) is 3.88. The van der Waals surface area contributed by atoms with Gasteiger partial charge in [0, 0.05) is 11.8 Å². The van der Waals surface area contributed by atoms with Gasteiger partial charge in [-0.05, 0) is 24.3 Å². The van der Waals surface area contributed by atoms with Gasteiger partial charge in [0.05, 0.1) is 12.5 Å². The van der Waals surface area contributed by atoms with Gasteiger partial charge in [-0.2, -0.15) is 0 Å². The van der Waals surface area contributed by atoms with Crippen LogP contribution in [0.2, 0.25) is 0 Å². The number of nitrogens with zero attached hydrogens (tertiary/aromatic N) is 1. The van der Waals surface area contributed by atoms with Crippen molar-refractivity contribution >= 4 is 29.2 Å². The number of benzene rings is 1. The summed E-state index contributed by atoms with van der Waals surface area (Å²) in [6, 6.07) is 9.64. The summed E-state index contributed by atoms with van der Waals surface area (Å²) in [7, 11) is 0. The number of carbonyl (C=O) groups excluding carboxylic acids is 4. The standard InChI is InChI=1S/C19H19FN4O5/c20-10-15(25)14(9-16(21)26)22-17(27)11-24-8-4-7-13(19(24)29)23-18(28)12-5-2-1-3-6-12/h1-8,14H,9-11H2,(H2,21,26)(H,22,27)(H,23,28). The Bertz CT molecular complexity index is 974. The molecule has 1 aromatic heterocycles. The predicted molar refractivity (Wildman–Crippen MR) is 102 cm³/mol. The van der Waals surface area contributed by atoms with Crippen LogP contribution in [-0.4, -0.2) is 40.8 Å². The van der Waals surface area contributed by atoms with Crippen molar-refractivity contribution in [1.29, 1.82) is 0 Å². The number of halogens is 1. The highest BCUT2D eigenvalue weighted by molar-refractivity contribution is 6.04. The summed E-state index contributed by atoms with van der Waals surface area (Å²) in [5.41, 5.74) is 4.63. The van der Waals surface area contributed by atoms with E-state index in [1.165, 1.54) is 18.3 Å². The molecule has 2 aromatic rings. The zero-order chi connectivity index (χ0) is 21.4. The number of carbonyl (C=O) groups is 4. The number of Topliss-reactive ketones (excluding diaryl/α,β-unsaturated/α-hetero) is 1. The summed E-state index contributed by atoms with van der Waals surface area (Å²) in [5, 5.41) is 4.65. The number of ketones is 1. The van der Waals surface area contributed by atoms with Crippen LogP contribution in [0.25, 0.3) is 0 Å². The minimum absolute atomic E-state index is 0.0531. The molecule has 0 spiro atoms. The molecule has 1 atom stereocenters. The minimum Gasteiger partial charge on any atom is -0.370 e. The first kappa shape index (κ1) is 21.5. The van der Waals surface area contributed by atoms with Crippen LogP contribution >= 0.6 is 0 Å². The van der Waals surface area contributed by atoms with Crippen molar-refractivity contribution in [2.45, 2.75) is 19.0 Å². The Labute approximate surface area is 164 Å². The van der Waals surface area contributed by atoms with Crippen molar-refractivity contribution in [1.82, 2.24) is 9.88 Å². The van der Waals surface area contributed by atoms with Crippen LogP contribution in [-0.2, 0) is 20.9 Å². The third kappa shape index (κ3) is 6.09. The van der Waals surface area contributed by atoms with Crippen LogP contribution in [0.5, 0.6) is 0 Å². The molecule has 2 rings (SSSR count). The second-order valence-electron chi connectivity index (χ2n) is 6.07. The molecule has 0 fully saturated rings. The molecule has 1 unspecified atom stereocenters. The van der Waals surface area contributed by atoms with E-state index in [1.54, 1.807) is 30.3 Å². The second-order valence-corrected chi connectivity index (χ2v) is 6.07. The van der Waals surface area contributed by atoms with Gasteiger partial charge in [0.25, 0.3) is 11.5 Å². The van der Waals surface area contributed by atoms with Crippen LogP contribution in [0.1, 0.15) is 16.8 Å². The second kappa shape index (κ2) is 9.93. The zero-order valence-electron chi connectivity index (χ0n) is 15.3. The molecule has 0 aliphatic carbocycles. The molecule has 0 saturated heterocycles. The lowest BCUT2D eigenvalue weighted by Crippen LogP contribution is -2.46. The van der Waals surface area contributed by atoms with Gasteiger partial charge in [-0.3, -0.25) is 24.0 Å². The Hall–Kier alpha value is -3.82. The van der Waals surface area contributed by atoms with E-state index >= 15 is 0 Å². The third-order valence-corrected chi connectivity index (χ3v) is 3.88. The maximum absolute atomic E-state index is 12.6. The summed E-state index contributed by atoms with van der Waals surface area (Å²) in [6.07, 6.45) is 0.747. The lowest BCUT2D eigenvalue weighted by atomic mass is 10.1. The Morgan fingerprint density at radius 2 is 1.76 bits per heavy atom. The molecule has 152 valence electrons. The molecule has 4 N–H and O–H groups in total. The molecule has 3 amide bonds. The fourth-order valence-electron chi connectivity index (χ4n) is 2.47. The number of pyridine rings is 1. The molecule has 0 bridgehead atoms. The Morgan fingerprint density at radius 1 is 1.07 bits per heavy atom. The van der Waals surface area contributed by atoms with Crippen LogP contribution in [0.4, 0.5) is 10.1 Å². The molecule has 0 aliphatic heterocycles. The smallest absolute Gasteiger partial charge is 0.274 e. The summed E-state index contributed by atoms with van der Waals surface area (Å²) in [6.45, 7) is -1.89. The molecule has 10 heteroatoms. The largest absolute Gasteiger partial charge is 0.370 e. The molecule has 9 nitrogen and oxygen atoms in total. The van der Waals surface area contributed by atoms with Crippen LogP contribution in [0.15, 0.2) is 53.5 Å². The van der Waals surface area contributed by atoms with Crippen LogP contribution in [0, 0.1) is 0 Å². The minimum atomic E-state index is -1.42. The molecule has 1 aromatic carbocycles.